The van der Waals surface area contributed by atoms with Crippen molar-refractivity contribution >= 4 is 17.9 Å². The molecule has 0 saturated heterocycles. The molecule has 0 aromatic heterocycles. The van der Waals surface area contributed by atoms with Crippen molar-refractivity contribution < 1.29 is 28.6 Å². The Morgan fingerprint density at radius 1 is 0.244 bits per heavy atom. The molecule has 6 heteroatoms. The van der Waals surface area contributed by atoms with Crippen LogP contribution in [0.1, 0.15) is 400 Å². The summed E-state index contributed by atoms with van der Waals surface area (Å²) in [7, 11) is 0. The fraction of sp³-hybridized carbons (Fsp3) is 0.855. The summed E-state index contributed by atoms with van der Waals surface area (Å²) in [5.74, 6) is -0.852. The highest BCUT2D eigenvalue weighted by molar-refractivity contribution is 5.71. The van der Waals surface area contributed by atoms with Gasteiger partial charge in [-0.1, -0.05) is 345 Å². The minimum absolute atomic E-state index is 0.0725. The quantitative estimate of drug-likeness (QED) is 0.0261. The third-order valence-electron chi connectivity index (χ3n) is 16.6. The van der Waals surface area contributed by atoms with Crippen molar-refractivity contribution in [3.63, 3.8) is 0 Å². The van der Waals surface area contributed by atoms with E-state index in [0.29, 0.717) is 19.3 Å². The largest absolute Gasteiger partial charge is 0.462 e. The second-order valence-corrected chi connectivity index (χ2v) is 24.9. The molecule has 0 rings (SSSR count). The predicted molar refractivity (Wildman–Crippen MR) is 358 cm³/mol. The molecule has 0 spiro atoms. The van der Waals surface area contributed by atoms with Crippen LogP contribution in [0.3, 0.4) is 0 Å². The van der Waals surface area contributed by atoms with Crippen molar-refractivity contribution in [1.82, 2.24) is 0 Å². The summed E-state index contributed by atoms with van der Waals surface area (Å²) >= 11 is 0. The number of esters is 3. The average Bonchev–Trinajstić information content (AvgIpc) is 3.47. The molecule has 0 heterocycles. The third kappa shape index (κ3) is 68.2. The zero-order chi connectivity index (χ0) is 59.2. The summed E-state index contributed by atoms with van der Waals surface area (Å²) in [5, 5.41) is 0. The van der Waals surface area contributed by atoms with Crippen LogP contribution in [0, 0.1) is 0 Å². The summed E-state index contributed by atoms with van der Waals surface area (Å²) in [6.07, 6.45) is 89.9. The van der Waals surface area contributed by atoms with Crippen LogP contribution in [-0.2, 0) is 28.6 Å². The lowest BCUT2D eigenvalue weighted by Gasteiger charge is -2.18. The number of rotatable bonds is 68. The lowest BCUT2D eigenvalue weighted by atomic mass is 10.0. The van der Waals surface area contributed by atoms with Crippen LogP contribution in [-0.4, -0.2) is 37.2 Å². The van der Waals surface area contributed by atoms with Gasteiger partial charge in [0.1, 0.15) is 13.2 Å². The smallest absolute Gasteiger partial charge is 0.306 e. The van der Waals surface area contributed by atoms with Crippen molar-refractivity contribution in [2.75, 3.05) is 13.2 Å². The number of allylic oxidation sites excluding steroid dienone is 8. The van der Waals surface area contributed by atoms with Crippen LogP contribution in [0.4, 0.5) is 0 Å². The van der Waals surface area contributed by atoms with Crippen LogP contribution in [0.5, 0.6) is 0 Å². The maximum atomic E-state index is 13.0. The maximum Gasteiger partial charge on any atom is 0.306 e. The zero-order valence-electron chi connectivity index (χ0n) is 55.3. The molecule has 6 nitrogen and oxygen atoms in total. The highest BCUT2D eigenvalue weighted by Gasteiger charge is 2.19. The van der Waals surface area contributed by atoms with E-state index in [-0.39, 0.29) is 31.1 Å². The number of ether oxygens (including phenoxy) is 3. The Bertz CT molecular complexity index is 1410. The number of carbonyl (C=O) groups excluding carboxylic acids is 3. The van der Waals surface area contributed by atoms with Crippen molar-refractivity contribution in [1.29, 1.82) is 0 Å². The Morgan fingerprint density at radius 2 is 0.439 bits per heavy atom. The monoisotopic (exact) mass is 1150 g/mol. The topological polar surface area (TPSA) is 78.9 Å². The fourth-order valence-electron chi connectivity index (χ4n) is 11.0. The predicted octanol–water partition coefficient (Wildman–Crippen LogP) is 25.3. The Hall–Kier alpha value is -2.63. The lowest BCUT2D eigenvalue weighted by Crippen LogP contribution is -2.30. The first-order valence-corrected chi connectivity index (χ1v) is 36.6. The molecule has 0 fully saturated rings. The molecular formula is C76H140O6. The highest BCUT2D eigenvalue weighted by atomic mass is 16.6. The molecule has 0 aliphatic carbocycles. The molecule has 1 unspecified atom stereocenters. The second kappa shape index (κ2) is 70.9. The van der Waals surface area contributed by atoms with Gasteiger partial charge < -0.3 is 14.2 Å². The number of hydrogen-bond donors (Lipinski definition) is 0. The molecule has 82 heavy (non-hydrogen) atoms. The normalized spacial score (nSPS) is 12.3. The Kier molecular flexibility index (Phi) is 68.6. The van der Waals surface area contributed by atoms with Crippen molar-refractivity contribution in [2.24, 2.45) is 0 Å². The molecule has 0 radical (unpaired) electrons. The summed E-state index contributed by atoms with van der Waals surface area (Å²) in [6.45, 7) is 6.68. The molecule has 0 bridgehead atoms. The highest BCUT2D eigenvalue weighted by Crippen LogP contribution is 2.18. The van der Waals surface area contributed by atoms with Gasteiger partial charge in [0, 0.05) is 19.3 Å². The number of carbonyl (C=O) groups is 3. The molecular weight excluding hydrogens is 1010 g/mol. The first kappa shape index (κ1) is 79.4. The van der Waals surface area contributed by atoms with Gasteiger partial charge in [-0.05, 0) is 83.5 Å². The van der Waals surface area contributed by atoms with Gasteiger partial charge in [-0.3, -0.25) is 14.4 Å². The first-order chi connectivity index (χ1) is 40.5. The van der Waals surface area contributed by atoms with E-state index in [1.54, 1.807) is 0 Å². The van der Waals surface area contributed by atoms with E-state index >= 15 is 0 Å². The minimum atomic E-state index is -0.777. The van der Waals surface area contributed by atoms with E-state index in [9.17, 15) is 14.4 Å². The minimum Gasteiger partial charge on any atom is -0.462 e. The molecule has 0 aromatic rings. The van der Waals surface area contributed by atoms with Gasteiger partial charge in [-0.25, -0.2) is 0 Å². The van der Waals surface area contributed by atoms with E-state index < -0.39 is 6.10 Å². The Balaban J connectivity index is 4.32. The van der Waals surface area contributed by atoms with Crippen molar-refractivity contribution in [2.45, 2.75) is 406 Å². The van der Waals surface area contributed by atoms with Crippen molar-refractivity contribution in [3.05, 3.63) is 48.6 Å². The lowest BCUT2D eigenvalue weighted by molar-refractivity contribution is -0.167. The van der Waals surface area contributed by atoms with Gasteiger partial charge in [0.15, 0.2) is 6.10 Å². The van der Waals surface area contributed by atoms with Crippen LogP contribution >= 0.6 is 0 Å². The van der Waals surface area contributed by atoms with Gasteiger partial charge in [0.05, 0.1) is 0 Å². The van der Waals surface area contributed by atoms with Gasteiger partial charge in [0.2, 0.25) is 0 Å². The third-order valence-corrected chi connectivity index (χ3v) is 16.6. The van der Waals surface area contributed by atoms with E-state index in [2.05, 4.69) is 69.4 Å². The first-order valence-electron chi connectivity index (χ1n) is 36.6. The fourth-order valence-corrected chi connectivity index (χ4v) is 11.0. The number of unbranched alkanes of at least 4 members (excludes halogenated alkanes) is 49. The number of hydrogen-bond acceptors (Lipinski definition) is 6. The maximum absolute atomic E-state index is 13.0. The SMILES string of the molecule is CCCCCC/C=C\C/C=C\CCCCCCCCCC(=O)OCC(COC(=O)CCCCCCCCCCCCC/C=C\C/C=C\CCCCCCC)OC(=O)CCCCCCCCCCCCCCCCCCCCCCCCC. The van der Waals surface area contributed by atoms with E-state index in [1.165, 1.54) is 283 Å². The van der Waals surface area contributed by atoms with Crippen LogP contribution in [0.2, 0.25) is 0 Å². The summed E-state index contributed by atoms with van der Waals surface area (Å²) in [5.41, 5.74) is 0. The molecule has 0 N–H and O–H groups in total. The van der Waals surface area contributed by atoms with E-state index in [0.717, 1.165) is 77.0 Å². The van der Waals surface area contributed by atoms with Gasteiger partial charge >= 0.3 is 17.9 Å². The van der Waals surface area contributed by atoms with Crippen LogP contribution in [0.15, 0.2) is 48.6 Å². The van der Waals surface area contributed by atoms with Gasteiger partial charge in [0.25, 0.3) is 0 Å². The summed E-state index contributed by atoms with van der Waals surface area (Å²) in [4.78, 5) is 38.5. The zero-order valence-corrected chi connectivity index (χ0v) is 55.3. The molecule has 0 aliphatic rings. The van der Waals surface area contributed by atoms with Crippen LogP contribution in [0.25, 0.3) is 0 Å². The van der Waals surface area contributed by atoms with Gasteiger partial charge in [-0.2, -0.15) is 0 Å². The molecule has 1 atom stereocenters. The molecule has 480 valence electrons. The molecule has 0 aliphatic heterocycles. The summed E-state index contributed by atoms with van der Waals surface area (Å²) < 4.78 is 17.0. The molecule has 0 aromatic carbocycles. The average molecular weight is 1150 g/mol. The standard InChI is InChI=1S/C76H140O6/c1-4-7-10-13-16-19-22-25-28-31-34-36-38-40-42-45-48-51-54-57-60-63-66-69-75(78)81-72-73(71-80-74(77)68-65-62-59-56-53-50-47-44-33-30-27-24-21-18-15-12-9-6-3)82-76(79)70-67-64-61-58-55-52-49-46-43-41-39-37-35-32-29-26-23-20-17-14-11-8-5-2/h21-22,24-25,30-31,33-34,73H,4-20,23,26-29,32,35-72H2,1-3H3/b24-21-,25-22-,33-30-,34-31-. The van der Waals surface area contributed by atoms with E-state index in [1.807, 2.05) is 0 Å². The Labute approximate surface area is 511 Å². The van der Waals surface area contributed by atoms with Gasteiger partial charge in [-0.15, -0.1) is 0 Å². The van der Waals surface area contributed by atoms with E-state index in [4.69, 9.17) is 14.2 Å². The Morgan fingerprint density at radius 3 is 0.683 bits per heavy atom. The molecule has 0 saturated carbocycles. The second-order valence-electron chi connectivity index (χ2n) is 24.9. The summed E-state index contributed by atoms with van der Waals surface area (Å²) in [6, 6.07) is 0. The van der Waals surface area contributed by atoms with Crippen LogP contribution < -0.4 is 0 Å². The molecule has 0 amide bonds. The van der Waals surface area contributed by atoms with Crippen molar-refractivity contribution in [3.8, 4) is 0 Å².